The maximum atomic E-state index is 9.35. The van der Waals surface area contributed by atoms with E-state index in [1.807, 2.05) is 25.1 Å². The normalized spacial score (nSPS) is 12.5. The van der Waals surface area contributed by atoms with Crippen LogP contribution in [0.15, 0.2) is 18.2 Å². The van der Waals surface area contributed by atoms with Crippen LogP contribution in [0.4, 0.5) is 11.4 Å². The molecule has 0 heterocycles. The van der Waals surface area contributed by atoms with Crippen LogP contribution >= 0.6 is 0 Å². The van der Waals surface area contributed by atoms with Crippen LogP contribution in [0.1, 0.15) is 27.2 Å². The fraction of sp³-hybridized carbons (Fsp3) is 0.571. The summed E-state index contributed by atoms with van der Waals surface area (Å²) in [6.07, 6.45) is 0.921. The van der Waals surface area contributed by atoms with Crippen molar-refractivity contribution in [1.29, 1.82) is 0 Å². The largest absolute Gasteiger partial charge is 0.492 e. The van der Waals surface area contributed by atoms with Crippen molar-refractivity contribution in [2.75, 3.05) is 24.3 Å². The molecule has 0 aliphatic carbocycles. The molecule has 0 aromatic heterocycles. The zero-order valence-electron chi connectivity index (χ0n) is 11.4. The summed E-state index contributed by atoms with van der Waals surface area (Å²) in [6, 6.07) is 5.66. The molecule has 0 spiro atoms. The monoisotopic (exact) mass is 252 g/mol. The van der Waals surface area contributed by atoms with Gasteiger partial charge in [-0.3, -0.25) is 0 Å². The first-order chi connectivity index (χ1) is 8.56. The minimum atomic E-state index is 0.0584. The van der Waals surface area contributed by atoms with Gasteiger partial charge in [-0.1, -0.05) is 13.8 Å². The number of ether oxygens (including phenoxy) is 1. The third-order valence-corrected chi connectivity index (χ3v) is 2.66. The molecule has 0 aliphatic heterocycles. The molecule has 4 heteroatoms. The maximum absolute atomic E-state index is 9.35. The van der Waals surface area contributed by atoms with Crippen LogP contribution in [0.25, 0.3) is 0 Å². The molecule has 1 unspecified atom stereocenters. The minimum Gasteiger partial charge on any atom is -0.492 e. The van der Waals surface area contributed by atoms with Crippen molar-refractivity contribution < 1.29 is 9.84 Å². The number of nitrogen functional groups attached to an aromatic ring is 1. The quantitative estimate of drug-likeness (QED) is 0.652. The van der Waals surface area contributed by atoms with Gasteiger partial charge in [0.1, 0.15) is 5.75 Å². The summed E-state index contributed by atoms with van der Waals surface area (Å²) >= 11 is 0. The molecule has 0 saturated heterocycles. The number of aliphatic hydroxyl groups is 1. The van der Waals surface area contributed by atoms with Crippen LogP contribution in [0, 0.1) is 5.92 Å². The third-order valence-electron chi connectivity index (χ3n) is 2.66. The first-order valence-corrected chi connectivity index (χ1v) is 6.46. The molecule has 18 heavy (non-hydrogen) atoms. The van der Waals surface area contributed by atoms with Crippen molar-refractivity contribution in [1.82, 2.24) is 0 Å². The fourth-order valence-electron chi connectivity index (χ4n) is 1.89. The van der Waals surface area contributed by atoms with E-state index in [-0.39, 0.29) is 12.6 Å². The van der Waals surface area contributed by atoms with Crippen molar-refractivity contribution in [3.05, 3.63) is 18.2 Å². The van der Waals surface area contributed by atoms with Crippen molar-refractivity contribution in [3.8, 4) is 5.75 Å². The van der Waals surface area contributed by atoms with Gasteiger partial charge in [-0.25, -0.2) is 0 Å². The molecule has 0 fully saturated rings. The Hall–Kier alpha value is -1.42. The second-order valence-electron chi connectivity index (χ2n) is 4.84. The first-order valence-electron chi connectivity index (χ1n) is 6.46. The van der Waals surface area contributed by atoms with Gasteiger partial charge >= 0.3 is 0 Å². The first kappa shape index (κ1) is 14.6. The van der Waals surface area contributed by atoms with Crippen LogP contribution < -0.4 is 15.8 Å². The van der Waals surface area contributed by atoms with E-state index >= 15 is 0 Å². The molecular weight excluding hydrogens is 228 g/mol. The lowest BCUT2D eigenvalue weighted by molar-refractivity contribution is 0.259. The number of rotatable bonds is 7. The van der Waals surface area contributed by atoms with Gasteiger partial charge in [0.05, 0.1) is 18.9 Å². The SMILES string of the molecule is CCOc1cc(NC(CO)CC(C)C)ccc1N. The Morgan fingerprint density at radius 3 is 2.67 bits per heavy atom. The van der Waals surface area contributed by atoms with E-state index in [4.69, 9.17) is 10.5 Å². The van der Waals surface area contributed by atoms with E-state index in [1.165, 1.54) is 0 Å². The molecule has 1 atom stereocenters. The van der Waals surface area contributed by atoms with Gasteiger partial charge in [-0.15, -0.1) is 0 Å². The molecule has 0 bridgehead atoms. The maximum Gasteiger partial charge on any atom is 0.144 e. The van der Waals surface area contributed by atoms with Gasteiger partial charge in [-0.2, -0.15) is 0 Å². The minimum absolute atomic E-state index is 0.0584. The Balaban J connectivity index is 2.73. The molecule has 4 N–H and O–H groups in total. The number of hydrogen-bond acceptors (Lipinski definition) is 4. The molecular formula is C14H24N2O2. The summed E-state index contributed by atoms with van der Waals surface area (Å²) in [5.74, 6) is 1.22. The number of anilines is 2. The lowest BCUT2D eigenvalue weighted by Crippen LogP contribution is -2.25. The van der Waals surface area contributed by atoms with Gasteiger partial charge in [0.15, 0.2) is 0 Å². The van der Waals surface area contributed by atoms with Crippen molar-refractivity contribution in [3.63, 3.8) is 0 Å². The van der Waals surface area contributed by atoms with Gasteiger partial charge in [0, 0.05) is 17.8 Å². The Morgan fingerprint density at radius 1 is 1.39 bits per heavy atom. The number of aliphatic hydroxyl groups excluding tert-OH is 1. The van der Waals surface area contributed by atoms with Crippen LogP contribution in [-0.2, 0) is 0 Å². The highest BCUT2D eigenvalue weighted by atomic mass is 16.5. The molecule has 1 aromatic rings. The molecule has 0 aliphatic rings. The summed E-state index contributed by atoms with van der Waals surface area (Å²) < 4.78 is 5.45. The third kappa shape index (κ3) is 4.45. The van der Waals surface area contributed by atoms with E-state index in [0.717, 1.165) is 12.1 Å². The molecule has 4 nitrogen and oxygen atoms in total. The number of hydrogen-bond donors (Lipinski definition) is 3. The van der Waals surface area contributed by atoms with E-state index in [9.17, 15) is 5.11 Å². The fourth-order valence-corrected chi connectivity index (χ4v) is 1.89. The highest BCUT2D eigenvalue weighted by molar-refractivity contribution is 5.61. The number of nitrogens with two attached hydrogens (primary N) is 1. The molecule has 0 radical (unpaired) electrons. The molecule has 1 rings (SSSR count). The van der Waals surface area contributed by atoms with Crippen molar-refractivity contribution >= 4 is 11.4 Å². The zero-order valence-corrected chi connectivity index (χ0v) is 11.4. The summed E-state index contributed by atoms with van der Waals surface area (Å²) in [6.45, 7) is 6.91. The van der Waals surface area contributed by atoms with Crippen molar-refractivity contribution in [2.45, 2.75) is 33.2 Å². The lowest BCUT2D eigenvalue weighted by Gasteiger charge is -2.20. The van der Waals surface area contributed by atoms with E-state index in [2.05, 4.69) is 19.2 Å². The second kappa shape index (κ2) is 7.11. The smallest absolute Gasteiger partial charge is 0.144 e. The topological polar surface area (TPSA) is 67.5 Å². The average Bonchev–Trinajstić information content (AvgIpc) is 2.32. The van der Waals surface area contributed by atoms with E-state index in [0.29, 0.717) is 24.0 Å². The predicted molar refractivity (Wildman–Crippen MR) is 76.0 cm³/mol. The Labute approximate surface area is 109 Å². The van der Waals surface area contributed by atoms with E-state index in [1.54, 1.807) is 0 Å². The second-order valence-corrected chi connectivity index (χ2v) is 4.84. The highest BCUT2D eigenvalue weighted by Crippen LogP contribution is 2.26. The molecule has 102 valence electrons. The standard InChI is InChI=1S/C14H24N2O2/c1-4-18-14-8-11(5-6-13(14)15)16-12(9-17)7-10(2)3/h5-6,8,10,12,16-17H,4,7,9,15H2,1-3H3. The Kier molecular flexibility index (Phi) is 5.78. The van der Waals surface area contributed by atoms with Gasteiger partial charge < -0.3 is 20.9 Å². The van der Waals surface area contributed by atoms with Crippen LogP contribution in [0.2, 0.25) is 0 Å². The van der Waals surface area contributed by atoms with Crippen molar-refractivity contribution in [2.24, 2.45) is 5.92 Å². The highest BCUT2D eigenvalue weighted by Gasteiger charge is 2.10. The Bertz CT molecular complexity index is 367. The number of benzene rings is 1. The summed E-state index contributed by atoms with van der Waals surface area (Å²) in [5, 5.41) is 12.6. The summed E-state index contributed by atoms with van der Waals surface area (Å²) in [5.41, 5.74) is 7.37. The van der Waals surface area contributed by atoms with Crippen LogP contribution in [0.3, 0.4) is 0 Å². The van der Waals surface area contributed by atoms with Crippen LogP contribution in [0.5, 0.6) is 5.75 Å². The Morgan fingerprint density at radius 2 is 2.11 bits per heavy atom. The molecule has 1 aromatic carbocycles. The summed E-state index contributed by atoms with van der Waals surface area (Å²) in [7, 11) is 0. The zero-order chi connectivity index (χ0) is 13.5. The molecule has 0 amide bonds. The van der Waals surface area contributed by atoms with E-state index < -0.39 is 0 Å². The molecule has 0 saturated carbocycles. The lowest BCUT2D eigenvalue weighted by atomic mass is 10.0. The van der Waals surface area contributed by atoms with Gasteiger partial charge in [0.25, 0.3) is 0 Å². The average molecular weight is 252 g/mol. The van der Waals surface area contributed by atoms with Gasteiger partial charge in [-0.05, 0) is 31.4 Å². The van der Waals surface area contributed by atoms with Gasteiger partial charge in [0.2, 0.25) is 0 Å². The summed E-state index contributed by atoms with van der Waals surface area (Å²) in [4.78, 5) is 0. The number of nitrogens with one attached hydrogen (secondary N) is 1. The predicted octanol–water partition coefficient (Wildman–Crippen LogP) is 2.49. The van der Waals surface area contributed by atoms with Crippen LogP contribution in [-0.4, -0.2) is 24.4 Å².